The maximum absolute atomic E-state index is 10.6. The van der Waals surface area contributed by atoms with Gasteiger partial charge in [0, 0.05) is 4.88 Å². The van der Waals surface area contributed by atoms with Gasteiger partial charge in [-0.1, -0.05) is 0 Å². The maximum Gasteiger partial charge on any atom is 0.325 e. The van der Waals surface area contributed by atoms with Gasteiger partial charge in [0.25, 0.3) is 0 Å². The van der Waals surface area contributed by atoms with Crippen molar-refractivity contribution < 1.29 is 9.90 Å². The van der Waals surface area contributed by atoms with Crippen LogP contribution in [0.15, 0.2) is 6.07 Å². The minimum atomic E-state index is -0.965. The molecule has 0 atom stereocenters. The number of rotatable bonds is 2. The van der Waals surface area contributed by atoms with Crippen LogP contribution in [0.3, 0.4) is 0 Å². The number of fused-ring (bicyclic) bond motifs is 1. The molecule has 0 unspecified atom stereocenters. The van der Waals surface area contributed by atoms with Crippen molar-refractivity contribution in [1.82, 2.24) is 9.78 Å². The normalized spacial score (nSPS) is 10.4. The molecule has 0 saturated heterocycles. The van der Waals surface area contributed by atoms with E-state index < -0.39 is 5.97 Å². The quantitative estimate of drug-likeness (QED) is 0.830. The van der Waals surface area contributed by atoms with Gasteiger partial charge in [0.2, 0.25) is 0 Å². The highest BCUT2D eigenvalue weighted by Crippen LogP contribution is 2.27. The molecular formula is C9H7N3O2S. The smallest absolute Gasteiger partial charge is 0.325 e. The monoisotopic (exact) mass is 221 g/mol. The Balaban J connectivity index is 2.64. The number of hydrogen-bond donors (Lipinski definition) is 1. The molecule has 6 heteroatoms. The third-order valence-corrected chi connectivity index (χ3v) is 2.99. The Labute approximate surface area is 89.2 Å². The van der Waals surface area contributed by atoms with Crippen LogP contribution >= 0.6 is 11.3 Å². The lowest BCUT2D eigenvalue weighted by atomic mass is 10.4. The summed E-state index contributed by atoms with van der Waals surface area (Å²) in [7, 11) is 0. The van der Waals surface area contributed by atoms with Gasteiger partial charge in [-0.3, -0.25) is 9.48 Å². The van der Waals surface area contributed by atoms with Crippen molar-refractivity contribution in [2.75, 3.05) is 0 Å². The van der Waals surface area contributed by atoms with Crippen molar-refractivity contribution >= 4 is 27.5 Å². The van der Waals surface area contributed by atoms with Gasteiger partial charge >= 0.3 is 5.97 Å². The first-order valence-corrected chi connectivity index (χ1v) is 5.02. The molecule has 0 saturated carbocycles. The number of carbonyl (C=O) groups is 1. The lowest BCUT2D eigenvalue weighted by molar-refractivity contribution is -0.137. The first-order valence-electron chi connectivity index (χ1n) is 4.20. The predicted molar refractivity (Wildman–Crippen MR) is 54.7 cm³/mol. The van der Waals surface area contributed by atoms with Crippen LogP contribution in [0.4, 0.5) is 0 Å². The number of carboxylic acids is 1. The highest BCUT2D eigenvalue weighted by Gasteiger charge is 2.14. The third kappa shape index (κ3) is 1.57. The zero-order valence-electron chi connectivity index (χ0n) is 7.89. The van der Waals surface area contributed by atoms with Crippen LogP contribution in [0, 0.1) is 18.3 Å². The summed E-state index contributed by atoms with van der Waals surface area (Å²) in [5.74, 6) is -0.965. The molecule has 2 heterocycles. The minimum absolute atomic E-state index is 0.214. The fourth-order valence-corrected chi connectivity index (χ4v) is 2.35. The Bertz CT molecular complexity index is 576. The van der Waals surface area contributed by atoms with E-state index in [9.17, 15) is 4.79 Å². The molecule has 0 bridgehead atoms. The molecule has 0 aromatic carbocycles. The Morgan fingerprint density at radius 3 is 3.13 bits per heavy atom. The molecule has 0 spiro atoms. The van der Waals surface area contributed by atoms with Crippen LogP contribution < -0.4 is 0 Å². The van der Waals surface area contributed by atoms with Crippen LogP contribution in [-0.2, 0) is 11.3 Å². The number of nitriles is 1. The Morgan fingerprint density at radius 2 is 2.53 bits per heavy atom. The summed E-state index contributed by atoms with van der Waals surface area (Å²) in [6, 6.07) is 3.81. The zero-order valence-corrected chi connectivity index (χ0v) is 8.71. The van der Waals surface area contributed by atoms with Gasteiger partial charge in [0.15, 0.2) is 5.69 Å². The molecule has 0 aliphatic carbocycles. The molecule has 1 N–H and O–H groups in total. The van der Waals surface area contributed by atoms with Gasteiger partial charge in [-0.15, -0.1) is 11.3 Å². The number of hydrogen-bond acceptors (Lipinski definition) is 4. The van der Waals surface area contributed by atoms with Gasteiger partial charge in [-0.25, -0.2) is 0 Å². The van der Waals surface area contributed by atoms with Crippen molar-refractivity contribution in [3.05, 3.63) is 16.6 Å². The number of aryl methyl sites for hydroxylation is 1. The van der Waals surface area contributed by atoms with Crippen molar-refractivity contribution in [2.45, 2.75) is 13.5 Å². The van der Waals surface area contributed by atoms with Crippen LogP contribution in [-0.4, -0.2) is 20.9 Å². The molecule has 0 aliphatic heterocycles. The zero-order chi connectivity index (χ0) is 11.0. The second-order valence-electron chi connectivity index (χ2n) is 3.08. The van der Waals surface area contributed by atoms with E-state index >= 15 is 0 Å². The van der Waals surface area contributed by atoms with Gasteiger partial charge in [0.05, 0.1) is 10.2 Å². The summed E-state index contributed by atoms with van der Waals surface area (Å²) in [5, 5.41) is 21.4. The lowest BCUT2D eigenvalue weighted by Crippen LogP contribution is -2.09. The minimum Gasteiger partial charge on any atom is -0.480 e. The largest absolute Gasteiger partial charge is 0.480 e. The van der Waals surface area contributed by atoms with E-state index in [1.165, 1.54) is 16.0 Å². The standard InChI is InChI=1S/C9H7N3O2S/c1-5-2-7-9(15-5)6(3-10)11-12(7)4-8(13)14/h2H,4H2,1H3,(H,13,14). The Hall–Kier alpha value is -1.87. The average Bonchev–Trinajstić information content (AvgIpc) is 2.64. The van der Waals surface area contributed by atoms with Crippen LogP contribution in [0.5, 0.6) is 0 Å². The fraction of sp³-hybridized carbons (Fsp3) is 0.222. The summed E-state index contributed by atoms with van der Waals surface area (Å²) < 4.78 is 2.11. The fourth-order valence-electron chi connectivity index (χ4n) is 1.40. The highest BCUT2D eigenvalue weighted by molar-refractivity contribution is 7.19. The number of thiophene rings is 1. The molecule has 0 aliphatic rings. The van der Waals surface area contributed by atoms with Crippen LogP contribution in [0.2, 0.25) is 0 Å². The molecule has 0 amide bonds. The number of nitrogens with zero attached hydrogens (tertiary/aromatic N) is 3. The molecule has 2 aromatic rings. The molecule has 15 heavy (non-hydrogen) atoms. The maximum atomic E-state index is 10.6. The Morgan fingerprint density at radius 1 is 1.80 bits per heavy atom. The van der Waals surface area contributed by atoms with E-state index in [2.05, 4.69) is 5.10 Å². The van der Waals surface area contributed by atoms with Gasteiger partial charge in [-0.05, 0) is 13.0 Å². The van der Waals surface area contributed by atoms with Crippen LogP contribution in [0.1, 0.15) is 10.6 Å². The van der Waals surface area contributed by atoms with E-state index in [1.807, 2.05) is 19.1 Å². The topological polar surface area (TPSA) is 78.9 Å². The van der Waals surface area contributed by atoms with Crippen molar-refractivity contribution in [2.24, 2.45) is 0 Å². The van der Waals surface area contributed by atoms with Gasteiger partial charge in [-0.2, -0.15) is 10.4 Å². The van der Waals surface area contributed by atoms with Crippen LogP contribution in [0.25, 0.3) is 10.2 Å². The molecule has 2 rings (SSSR count). The molecular weight excluding hydrogens is 214 g/mol. The highest BCUT2D eigenvalue weighted by atomic mass is 32.1. The van der Waals surface area contributed by atoms with Crippen molar-refractivity contribution in [3.8, 4) is 6.07 Å². The van der Waals surface area contributed by atoms with E-state index in [0.29, 0.717) is 5.69 Å². The second-order valence-corrected chi connectivity index (χ2v) is 4.34. The molecule has 5 nitrogen and oxygen atoms in total. The summed E-state index contributed by atoms with van der Waals surface area (Å²) in [5.41, 5.74) is 1.01. The summed E-state index contributed by atoms with van der Waals surface area (Å²) in [6.07, 6.45) is 0. The Kier molecular flexibility index (Phi) is 2.17. The molecule has 0 radical (unpaired) electrons. The SMILES string of the molecule is Cc1cc2c(s1)c(C#N)nn2CC(=O)O. The molecule has 76 valence electrons. The van der Waals surface area contributed by atoms with E-state index in [4.69, 9.17) is 10.4 Å². The number of aliphatic carboxylic acids is 1. The predicted octanol–water partition coefficient (Wildman–Crippen LogP) is 1.36. The van der Waals surface area contributed by atoms with Gasteiger partial charge in [0.1, 0.15) is 12.6 Å². The summed E-state index contributed by atoms with van der Waals surface area (Å²) >= 11 is 1.45. The average molecular weight is 221 g/mol. The van der Waals surface area contributed by atoms with Crippen molar-refractivity contribution in [3.63, 3.8) is 0 Å². The third-order valence-electron chi connectivity index (χ3n) is 1.94. The molecule has 0 fully saturated rings. The first kappa shape index (κ1) is 9.68. The number of aromatic nitrogens is 2. The molecule has 2 aromatic heterocycles. The number of carboxylic acid groups (broad SMARTS) is 1. The van der Waals surface area contributed by atoms with Crippen molar-refractivity contribution in [1.29, 1.82) is 5.26 Å². The van der Waals surface area contributed by atoms with E-state index in [-0.39, 0.29) is 6.54 Å². The van der Waals surface area contributed by atoms with E-state index in [0.717, 1.165) is 15.1 Å². The second kappa shape index (κ2) is 3.37. The first-order chi connectivity index (χ1) is 7.11. The lowest BCUT2D eigenvalue weighted by Gasteiger charge is -1.95. The van der Waals surface area contributed by atoms with E-state index in [1.54, 1.807) is 0 Å². The van der Waals surface area contributed by atoms with Gasteiger partial charge < -0.3 is 5.11 Å². The summed E-state index contributed by atoms with van der Waals surface area (Å²) in [4.78, 5) is 11.6. The summed E-state index contributed by atoms with van der Waals surface area (Å²) in [6.45, 7) is 1.70.